The Bertz CT molecular complexity index is 386. The number of likely N-dealkylation sites (N-methyl/N-ethyl adjacent to an activating group) is 1. The van der Waals surface area contributed by atoms with Gasteiger partial charge in [-0.3, -0.25) is 4.90 Å². The average Bonchev–Trinajstić information content (AvgIpc) is 2.41. The molecule has 0 amide bonds. The summed E-state index contributed by atoms with van der Waals surface area (Å²) in [6.07, 6.45) is 3.07. The number of nitrogens with zero attached hydrogens (tertiary/aromatic N) is 1. The van der Waals surface area contributed by atoms with Gasteiger partial charge in [0.2, 0.25) is 0 Å². The van der Waals surface area contributed by atoms with Gasteiger partial charge in [-0.2, -0.15) is 11.8 Å². The van der Waals surface area contributed by atoms with Crippen LogP contribution in [0.4, 0.5) is 0 Å². The second-order valence-electron chi connectivity index (χ2n) is 5.01. The summed E-state index contributed by atoms with van der Waals surface area (Å²) in [5, 5.41) is 0.805. The fraction of sp³-hybridized carbons (Fsp3) is 0.600. The average molecular weight is 301 g/mol. The Hall–Kier alpha value is -0.220. The zero-order valence-electron chi connectivity index (χ0n) is 12.3. The third kappa shape index (κ3) is 4.38. The van der Waals surface area contributed by atoms with Gasteiger partial charge >= 0.3 is 0 Å². The van der Waals surface area contributed by atoms with Crippen LogP contribution in [0.1, 0.15) is 31.9 Å². The van der Waals surface area contributed by atoms with E-state index < -0.39 is 0 Å². The van der Waals surface area contributed by atoms with Crippen molar-refractivity contribution in [2.24, 2.45) is 5.73 Å². The minimum Gasteiger partial charge on any atom is -0.326 e. The summed E-state index contributed by atoms with van der Waals surface area (Å²) in [5.74, 6) is 1.09. The number of hydrogen-bond acceptors (Lipinski definition) is 3. The van der Waals surface area contributed by atoms with Crippen LogP contribution in [0.5, 0.6) is 0 Å². The molecule has 0 saturated heterocycles. The van der Waals surface area contributed by atoms with Gasteiger partial charge in [-0.05, 0) is 38.3 Å². The van der Waals surface area contributed by atoms with Crippen LogP contribution in [0.2, 0.25) is 5.02 Å². The van der Waals surface area contributed by atoms with E-state index in [4.69, 9.17) is 17.3 Å². The van der Waals surface area contributed by atoms with Gasteiger partial charge in [-0.15, -0.1) is 0 Å². The van der Waals surface area contributed by atoms with Gasteiger partial charge in [0.1, 0.15) is 0 Å². The predicted molar refractivity (Wildman–Crippen MR) is 88.1 cm³/mol. The summed E-state index contributed by atoms with van der Waals surface area (Å²) in [6, 6.07) is 8.75. The molecule has 19 heavy (non-hydrogen) atoms. The van der Waals surface area contributed by atoms with Crippen molar-refractivity contribution in [2.75, 3.05) is 19.1 Å². The number of halogens is 1. The van der Waals surface area contributed by atoms with Crippen LogP contribution in [-0.4, -0.2) is 36.0 Å². The van der Waals surface area contributed by atoms with Crippen LogP contribution >= 0.6 is 23.4 Å². The van der Waals surface area contributed by atoms with E-state index in [0.717, 1.165) is 22.8 Å². The zero-order valence-corrected chi connectivity index (χ0v) is 13.8. The first-order chi connectivity index (χ1) is 9.02. The molecule has 3 atom stereocenters. The molecule has 0 heterocycles. The first-order valence-electron chi connectivity index (χ1n) is 6.73. The number of thioether (sulfide) groups is 1. The Morgan fingerprint density at radius 2 is 2.00 bits per heavy atom. The van der Waals surface area contributed by atoms with Crippen molar-refractivity contribution in [3.63, 3.8) is 0 Å². The molecule has 0 aromatic heterocycles. The van der Waals surface area contributed by atoms with E-state index in [1.165, 1.54) is 0 Å². The van der Waals surface area contributed by atoms with E-state index in [-0.39, 0.29) is 12.1 Å². The molecule has 108 valence electrons. The molecule has 0 fully saturated rings. The normalized spacial score (nSPS) is 16.4. The summed E-state index contributed by atoms with van der Waals surface area (Å²) >= 11 is 8.22. The van der Waals surface area contributed by atoms with E-state index in [1.807, 2.05) is 30.0 Å². The zero-order chi connectivity index (χ0) is 14.4. The highest BCUT2D eigenvalue weighted by Gasteiger charge is 2.27. The van der Waals surface area contributed by atoms with E-state index in [0.29, 0.717) is 6.04 Å². The molecule has 1 rings (SSSR count). The minimum absolute atomic E-state index is 0.0919. The van der Waals surface area contributed by atoms with Crippen LogP contribution in [0, 0.1) is 0 Å². The molecular weight excluding hydrogens is 276 g/mol. The molecule has 4 heteroatoms. The molecule has 2 N–H and O–H groups in total. The second kappa shape index (κ2) is 8.15. The Labute approximate surface area is 126 Å². The molecule has 0 aliphatic heterocycles. The quantitative estimate of drug-likeness (QED) is 0.830. The molecule has 1 aromatic carbocycles. The van der Waals surface area contributed by atoms with Crippen molar-refractivity contribution < 1.29 is 0 Å². The Morgan fingerprint density at radius 1 is 1.37 bits per heavy atom. The van der Waals surface area contributed by atoms with E-state index >= 15 is 0 Å². The standard InChI is InChI=1S/C15H25ClN2S/c1-5-14(17)15(18(3)11(2)10-19-4)12-8-6-7-9-13(12)16/h6-9,11,14-15H,5,10,17H2,1-4H3. The summed E-state index contributed by atoms with van der Waals surface area (Å²) in [7, 11) is 2.14. The van der Waals surface area contributed by atoms with Gasteiger partial charge < -0.3 is 5.73 Å². The Morgan fingerprint density at radius 3 is 2.53 bits per heavy atom. The fourth-order valence-corrected chi connectivity index (χ4v) is 3.29. The minimum atomic E-state index is 0.0919. The van der Waals surface area contributed by atoms with Crippen LogP contribution in [0.15, 0.2) is 24.3 Å². The first-order valence-corrected chi connectivity index (χ1v) is 8.50. The lowest BCUT2D eigenvalue weighted by Crippen LogP contribution is -2.43. The summed E-state index contributed by atoms with van der Waals surface area (Å²) in [5.41, 5.74) is 7.48. The molecular formula is C15H25ClN2S. The number of nitrogens with two attached hydrogens (primary N) is 1. The summed E-state index contributed by atoms with van der Waals surface area (Å²) in [6.45, 7) is 4.37. The third-order valence-electron chi connectivity index (χ3n) is 3.64. The van der Waals surface area contributed by atoms with Gasteiger partial charge in [-0.1, -0.05) is 36.7 Å². The van der Waals surface area contributed by atoms with Crippen molar-refractivity contribution in [1.82, 2.24) is 4.90 Å². The maximum absolute atomic E-state index is 6.36. The van der Waals surface area contributed by atoms with Crippen LogP contribution in [0.25, 0.3) is 0 Å². The summed E-state index contributed by atoms with van der Waals surface area (Å²) < 4.78 is 0. The lowest BCUT2D eigenvalue weighted by Gasteiger charge is -2.37. The molecule has 0 aliphatic rings. The monoisotopic (exact) mass is 300 g/mol. The number of rotatable bonds is 7. The Balaban J connectivity index is 3.05. The molecule has 0 saturated carbocycles. The van der Waals surface area contributed by atoms with Crippen LogP contribution in [0.3, 0.4) is 0 Å². The maximum Gasteiger partial charge on any atom is 0.0513 e. The lowest BCUT2D eigenvalue weighted by molar-refractivity contribution is 0.171. The van der Waals surface area contributed by atoms with E-state index in [2.05, 4.69) is 38.1 Å². The van der Waals surface area contributed by atoms with Crippen molar-refractivity contribution in [1.29, 1.82) is 0 Å². The largest absolute Gasteiger partial charge is 0.326 e. The lowest BCUT2D eigenvalue weighted by atomic mass is 9.95. The molecule has 0 radical (unpaired) electrons. The van der Waals surface area contributed by atoms with Crippen molar-refractivity contribution in [3.8, 4) is 0 Å². The van der Waals surface area contributed by atoms with Crippen molar-refractivity contribution in [2.45, 2.75) is 38.4 Å². The first kappa shape index (κ1) is 16.8. The van der Waals surface area contributed by atoms with Crippen molar-refractivity contribution in [3.05, 3.63) is 34.9 Å². The smallest absolute Gasteiger partial charge is 0.0513 e. The van der Waals surface area contributed by atoms with Crippen LogP contribution in [-0.2, 0) is 0 Å². The SMILES string of the molecule is CCC(N)C(c1ccccc1Cl)N(C)C(C)CSC. The molecule has 2 nitrogen and oxygen atoms in total. The van der Waals surface area contributed by atoms with Crippen molar-refractivity contribution >= 4 is 23.4 Å². The van der Waals surface area contributed by atoms with E-state index in [1.54, 1.807) is 0 Å². The van der Waals surface area contributed by atoms with Crippen LogP contribution < -0.4 is 5.73 Å². The molecule has 3 unspecified atom stereocenters. The highest BCUT2D eigenvalue weighted by Crippen LogP contribution is 2.31. The van der Waals surface area contributed by atoms with Gasteiger partial charge in [0.15, 0.2) is 0 Å². The summed E-state index contributed by atoms with van der Waals surface area (Å²) in [4.78, 5) is 2.35. The Kier molecular flexibility index (Phi) is 7.22. The third-order valence-corrected chi connectivity index (χ3v) is 4.80. The number of hydrogen-bond donors (Lipinski definition) is 1. The molecule has 0 spiro atoms. The highest BCUT2D eigenvalue weighted by molar-refractivity contribution is 7.98. The topological polar surface area (TPSA) is 29.3 Å². The van der Waals surface area contributed by atoms with E-state index in [9.17, 15) is 0 Å². The van der Waals surface area contributed by atoms with Gasteiger partial charge in [0.25, 0.3) is 0 Å². The maximum atomic E-state index is 6.36. The number of benzene rings is 1. The van der Waals surface area contributed by atoms with Gasteiger partial charge in [-0.25, -0.2) is 0 Å². The highest BCUT2D eigenvalue weighted by atomic mass is 35.5. The molecule has 0 aliphatic carbocycles. The second-order valence-corrected chi connectivity index (χ2v) is 6.33. The molecule has 0 bridgehead atoms. The fourth-order valence-electron chi connectivity index (χ4n) is 2.32. The predicted octanol–water partition coefficient (Wildman–Crippen LogP) is 3.80. The van der Waals surface area contributed by atoms with Gasteiger partial charge in [0.05, 0.1) is 6.04 Å². The van der Waals surface area contributed by atoms with Gasteiger partial charge in [0, 0.05) is 22.9 Å². The molecule has 1 aromatic rings.